The van der Waals surface area contributed by atoms with Gasteiger partial charge in [0.2, 0.25) is 0 Å². The van der Waals surface area contributed by atoms with E-state index in [1.54, 1.807) is 33.0 Å². The van der Waals surface area contributed by atoms with Gasteiger partial charge in [-0.3, -0.25) is 9.80 Å². The molecular weight excluding hydrogens is 268 g/mol. The lowest BCUT2D eigenvalue weighted by molar-refractivity contribution is 0.248. The Hall–Kier alpha value is -1.38. The van der Waals surface area contributed by atoms with Crippen LogP contribution in [0.3, 0.4) is 0 Å². The van der Waals surface area contributed by atoms with E-state index in [4.69, 9.17) is 0 Å². The molecule has 0 N–H and O–H groups in total. The third-order valence-corrected chi connectivity index (χ3v) is 5.16. The molecule has 2 aliphatic heterocycles. The molecule has 0 radical (unpaired) electrons. The lowest BCUT2D eigenvalue weighted by Gasteiger charge is -2.34. The van der Waals surface area contributed by atoms with E-state index in [0.29, 0.717) is 0 Å². The van der Waals surface area contributed by atoms with E-state index in [0.717, 1.165) is 26.2 Å². The lowest BCUT2D eigenvalue weighted by Crippen LogP contribution is -2.30. The molecule has 2 aromatic carbocycles. The summed E-state index contributed by atoms with van der Waals surface area (Å²) in [5.74, 6) is 0. The molecule has 2 aliphatic rings. The molecule has 0 amide bonds. The van der Waals surface area contributed by atoms with Gasteiger partial charge in [0, 0.05) is 26.2 Å². The first-order chi connectivity index (χ1) is 10.8. The van der Waals surface area contributed by atoms with Crippen LogP contribution in [0.15, 0.2) is 24.3 Å². The highest BCUT2D eigenvalue weighted by atomic mass is 15.1. The molecule has 0 bridgehead atoms. The Balaban J connectivity index is 1.80. The van der Waals surface area contributed by atoms with Gasteiger partial charge in [-0.05, 0) is 59.0 Å². The molecule has 2 heteroatoms. The fourth-order valence-electron chi connectivity index (χ4n) is 4.34. The van der Waals surface area contributed by atoms with Crippen molar-refractivity contribution in [3.05, 3.63) is 46.5 Å². The van der Waals surface area contributed by atoms with Crippen LogP contribution in [0.5, 0.6) is 0 Å². The molecule has 0 saturated heterocycles. The van der Waals surface area contributed by atoms with Gasteiger partial charge < -0.3 is 0 Å². The van der Waals surface area contributed by atoms with E-state index >= 15 is 0 Å². The van der Waals surface area contributed by atoms with E-state index in [1.807, 2.05) is 0 Å². The van der Waals surface area contributed by atoms with E-state index in [9.17, 15) is 0 Å². The molecule has 0 fully saturated rings. The monoisotopic (exact) mass is 294 g/mol. The summed E-state index contributed by atoms with van der Waals surface area (Å²) in [6.45, 7) is 11.5. The summed E-state index contributed by atoms with van der Waals surface area (Å²) in [5, 5.41) is 3.16. The van der Waals surface area contributed by atoms with Crippen LogP contribution >= 0.6 is 0 Å². The second-order valence-corrected chi connectivity index (χ2v) is 6.94. The minimum Gasteiger partial charge on any atom is -0.295 e. The van der Waals surface area contributed by atoms with Crippen molar-refractivity contribution >= 4 is 10.8 Å². The first-order valence-electron chi connectivity index (χ1n) is 8.80. The van der Waals surface area contributed by atoms with E-state index in [1.165, 1.54) is 25.9 Å². The summed E-state index contributed by atoms with van der Waals surface area (Å²) in [4.78, 5) is 5.18. The normalized spacial score (nSPS) is 18.1. The number of nitrogens with zero attached hydrogens (tertiary/aromatic N) is 2. The van der Waals surface area contributed by atoms with Gasteiger partial charge in [-0.1, -0.05) is 38.1 Å². The summed E-state index contributed by atoms with van der Waals surface area (Å²) in [7, 11) is 0. The van der Waals surface area contributed by atoms with Gasteiger partial charge in [0.05, 0.1) is 0 Å². The Morgan fingerprint density at radius 1 is 0.636 bits per heavy atom. The Labute approximate surface area is 133 Å². The fraction of sp³-hybridized carbons (Fsp3) is 0.500. The molecule has 0 atom stereocenters. The highest BCUT2D eigenvalue weighted by Gasteiger charge is 2.24. The van der Waals surface area contributed by atoms with Crippen molar-refractivity contribution in [2.45, 2.75) is 52.9 Å². The maximum Gasteiger partial charge on any atom is 0.0243 e. The van der Waals surface area contributed by atoms with Crippen molar-refractivity contribution in [1.82, 2.24) is 9.80 Å². The van der Waals surface area contributed by atoms with Crippen LogP contribution in [0, 0.1) is 0 Å². The predicted octanol–water partition coefficient (Wildman–Crippen LogP) is 4.29. The molecule has 2 heterocycles. The molecule has 0 unspecified atom stereocenters. The van der Waals surface area contributed by atoms with Crippen LogP contribution in [0.25, 0.3) is 10.8 Å². The maximum atomic E-state index is 2.59. The summed E-state index contributed by atoms with van der Waals surface area (Å²) in [6.07, 6.45) is 2.47. The van der Waals surface area contributed by atoms with Crippen molar-refractivity contribution in [2.24, 2.45) is 0 Å². The predicted molar refractivity (Wildman–Crippen MR) is 92.8 cm³/mol. The summed E-state index contributed by atoms with van der Waals surface area (Å²) < 4.78 is 0. The van der Waals surface area contributed by atoms with Gasteiger partial charge in [-0.15, -0.1) is 0 Å². The van der Waals surface area contributed by atoms with Crippen LogP contribution in [-0.4, -0.2) is 22.9 Å². The van der Waals surface area contributed by atoms with Gasteiger partial charge >= 0.3 is 0 Å². The summed E-state index contributed by atoms with van der Waals surface area (Å²) in [5.41, 5.74) is 6.16. The van der Waals surface area contributed by atoms with Crippen LogP contribution in [0.4, 0.5) is 0 Å². The molecule has 0 aliphatic carbocycles. The second kappa shape index (κ2) is 5.68. The smallest absolute Gasteiger partial charge is 0.0243 e. The van der Waals surface area contributed by atoms with Crippen LogP contribution in [-0.2, 0) is 26.2 Å². The average Bonchev–Trinajstić information content (AvgIpc) is 2.53. The van der Waals surface area contributed by atoms with E-state index in [-0.39, 0.29) is 0 Å². The van der Waals surface area contributed by atoms with E-state index < -0.39 is 0 Å². The Bertz CT molecular complexity index is 593. The van der Waals surface area contributed by atoms with Crippen molar-refractivity contribution < 1.29 is 0 Å². The molecule has 116 valence electrons. The van der Waals surface area contributed by atoms with Crippen LogP contribution in [0.2, 0.25) is 0 Å². The number of hydrogen-bond acceptors (Lipinski definition) is 2. The standard InChI is InChI=1S/C20H26N2/c1-3-9-21-11-15-5-7-17-13-22(10-4-2)14-18-8-6-16(12-21)19(15)20(17)18/h5-8H,3-4,9-14H2,1-2H3. The van der Waals surface area contributed by atoms with Crippen LogP contribution < -0.4 is 0 Å². The summed E-state index contributed by atoms with van der Waals surface area (Å²) >= 11 is 0. The molecular formula is C20H26N2. The van der Waals surface area contributed by atoms with Gasteiger partial charge in [0.25, 0.3) is 0 Å². The zero-order valence-electron chi connectivity index (χ0n) is 13.9. The molecule has 2 nitrogen and oxygen atoms in total. The number of benzene rings is 2. The van der Waals surface area contributed by atoms with Crippen LogP contribution in [0.1, 0.15) is 48.9 Å². The molecule has 0 spiro atoms. The van der Waals surface area contributed by atoms with Gasteiger partial charge in [0.15, 0.2) is 0 Å². The van der Waals surface area contributed by atoms with E-state index in [2.05, 4.69) is 47.9 Å². The SMILES string of the molecule is CCCN1Cc2ccc3c4c(ccc(c24)C1)CN(CCC)C3. The average molecular weight is 294 g/mol. The molecule has 0 aromatic heterocycles. The minimum atomic E-state index is 1.12. The highest BCUT2D eigenvalue weighted by molar-refractivity contribution is 5.95. The number of hydrogen-bond donors (Lipinski definition) is 0. The zero-order valence-corrected chi connectivity index (χ0v) is 13.9. The maximum absolute atomic E-state index is 2.59. The second-order valence-electron chi connectivity index (χ2n) is 6.94. The van der Waals surface area contributed by atoms with Crippen molar-refractivity contribution in [3.8, 4) is 0 Å². The van der Waals surface area contributed by atoms with Gasteiger partial charge in [-0.25, -0.2) is 0 Å². The van der Waals surface area contributed by atoms with Gasteiger partial charge in [0.1, 0.15) is 0 Å². The van der Waals surface area contributed by atoms with Crippen molar-refractivity contribution in [2.75, 3.05) is 13.1 Å². The van der Waals surface area contributed by atoms with Gasteiger partial charge in [-0.2, -0.15) is 0 Å². The molecule has 2 aromatic rings. The Morgan fingerprint density at radius 2 is 0.955 bits per heavy atom. The Kier molecular flexibility index (Phi) is 3.67. The highest BCUT2D eigenvalue weighted by Crippen LogP contribution is 2.37. The van der Waals surface area contributed by atoms with Crippen molar-refractivity contribution in [3.63, 3.8) is 0 Å². The summed E-state index contributed by atoms with van der Waals surface area (Å²) in [6, 6.07) is 9.56. The minimum absolute atomic E-state index is 1.12. The number of rotatable bonds is 4. The third kappa shape index (κ3) is 2.26. The molecule has 22 heavy (non-hydrogen) atoms. The fourth-order valence-corrected chi connectivity index (χ4v) is 4.34. The third-order valence-electron chi connectivity index (χ3n) is 5.16. The molecule has 4 rings (SSSR count). The topological polar surface area (TPSA) is 6.48 Å². The first kappa shape index (κ1) is 14.2. The van der Waals surface area contributed by atoms with Crippen molar-refractivity contribution in [1.29, 1.82) is 0 Å². The Morgan fingerprint density at radius 3 is 1.23 bits per heavy atom. The first-order valence-corrected chi connectivity index (χ1v) is 8.80. The largest absolute Gasteiger partial charge is 0.295 e. The lowest BCUT2D eigenvalue weighted by atomic mass is 9.87. The molecule has 0 saturated carbocycles. The quantitative estimate of drug-likeness (QED) is 0.830. The zero-order chi connectivity index (χ0) is 15.1.